The molecule has 2 N–H and O–H groups in total. The number of allylic oxidation sites excluding steroid dienone is 1. The van der Waals surface area contributed by atoms with Crippen LogP contribution in [0.5, 0.6) is 0 Å². The lowest BCUT2D eigenvalue weighted by Crippen LogP contribution is -2.08. The number of carboxylic acids is 1. The summed E-state index contributed by atoms with van der Waals surface area (Å²) in [6.45, 7) is 4.45. The second-order valence-electron chi connectivity index (χ2n) is 2.81. The van der Waals surface area contributed by atoms with Crippen molar-refractivity contribution in [2.24, 2.45) is 0 Å². The van der Waals surface area contributed by atoms with E-state index >= 15 is 0 Å². The summed E-state index contributed by atoms with van der Waals surface area (Å²) in [6.07, 6.45) is 1.49. The zero-order valence-electron chi connectivity index (χ0n) is 8.52. The molecule has 5 nitrogen and oxygen atoms in total. The third kappa shape index (κ3) is 4.97. The molecule has 0 saturated carbocycles. The Morgan fingerprint density at radius 1 is 1.47 bits per heavy atom. The second-order valence-corrected chi connectivity index (χ2v) is 2.81. The van der Waals surface area contributed by atoms with Crippen LogP contribution in [-0.4, -0.2) is 28.8 Å². The largest absolute Gasteiger partial charge is 0.478 e. The summed E-state index contributed by atoms with van der Waals surface area (Å²) in [7, 11) is 0. The molecule has 0 heterocycles. The fourth-order valence-electron chi connectivity index (χ4n) is 0.837. The molecule has 0 aliphatic heterocycles. The molecule has 0 radical (unpaired) electrons. The maximum absolute atomic E-state index is 10.9. The predicted octanol–water partition coefficient (Wildman–Crippen LogP) is 0.847. The summed E-state index contributed by atoms with van der Waals surface area (Å²) in [5.41, 5.74) is -0.0429. The fourth-order valence-corrected chi connectivity index (χ4v) is 0.837. The van der Waals surface area contributed by atoms with E-state index in [4.69, 9.17) is 14.9 Å². The van der Waals surface area contributed by atoms with Gasteiger partial charge in [0, 0.05) is 19.1 Å². The van der Waals surface area contributed by atoms with Gasteiger partial charge in [-0.2, -0.15) is 0 Å². The molecule has 0 spiro atoms. The van der Waals surface area contributed by atoms with Crippen LogP contribution in [0.15, 0.2) is 24.0 Å². The van der Waals surface area contributed by atoms with Crippen LogP contribution in [-0.2, 0) is 14.3 Å². The van der Waals surface area contributed by atoms with Crippen molar-refractivity contribution in [1.29, 1.82) is 0 Å². The number of carbonyl (C=O) groups excluding carboxylic acids is 1. The van der Waals surface area contributed by atoms with Crippen molar-refractivity contribution in [2.75, 3.05) is 6.61 Å². The normalized spacial score (nSPS) is 11.6. The molecule has 15 heavy (non-hydrogen) atoms. The first-order valence-electron chi connectivity index (χ1n) is 4.41. The zero-order chi connectivity index (χ0) is 11.8. The number of carboxylic acid groups (broad SMARTS) is 1. The Balaban J connectivity index is 4.71. The molecule has 0 unspecified atom stereocenters. The molecule has 0 atom stereocenters. The third-order valence-corrected chi connectivity index (χ3v) is 1.69. The van der Waals surface area contributed by atoms with Crippen LogP contribution in [0.25, 0.3) is 0 Å². The monoisotopic (exact) mass is 214 g/mol. The highest BCUT2D eigenvalue weighted by atomic mass is 16.5. The van der Waals surface area contributed by atoms with Crippen molar-refractivity contribution >= 4 is 11.9 Å². The number of aliphatic hydroxyl groups is 1. The number of ether oxygens (including phenoxy) is 1. The standard InChI is InChI=1S/C10H14O5/c1-3-9(12)15-8(5-4-6-11)7(2)10(13)14/h3,11H,1,4-6H2,2H3,(H,13,14). The molecule has 0 bridgehead atoms. The highest BCUT2D eigenvalue weighted by Gasteiger charge is 2.12. The van der Waals surface area contributed by atoms with Crippen molar-refractivity contribution in [1.82, 2.24) is 0 Å². The van der Waals surface area contributed by atoms with E-state index in [2.05, 4.69) is 6.58 Å². The molecule has 84 valence electrons. The van der Waals surface area contributed by atoms with Gasteiger partial charge in [0.2, 0.25) is 0 Å². The van der Waals surface area contributed by atoms with Gasteiger partial charge in [-0.05, 0) is 13.3 Å². The zero-order valence-corrected chi connectivity index (χ0v) is 8.52. The van der Waals surface area contributed by atoms with Crippen LogP contribution >= 0.6 is 0 Å². The first-order valence-corrected chi connectivity index (χ1v) is 4.41. The average Bonchev–Trinajstić information content (AvgIpc) is 2.22. The van der Waals surface area contributed by atoms with Gasteiger partial charge in [-0.1, -0.05) is 6.58 Å². The molecule has 0 aromatic rings. The van der Waals surface area contributed by atoms with E-state index in [-0.39, 0.29) is 24.4 Å². The third-order valence-electron chi connectivity index (χ3n) is 1.69. The minimum absolute atomic E-state index is 0.0429. The molecule has 0 aliphatic carbocycles. The Morgan fingerprint density at radius 2 is 2.07 bits per heavy atom. The molecule has 0 aromatic heterocycles. The molecule has 0 saturated heterocycles. The van der Waals surface area contributed by atoms with Crippen LogP contribution in [0.4, 0.5) is 0 Å². The van der Waals surface area contributed by atoms with Gasteiger partial charge in [0.15, 0.2) is 0 Å². The van der Waals surface area contributed by atoms with E-state index in [9.17, 15) is 9.59 Å². The lowest BCUT2D eigenvalue weighted by molar-refractivity contribution is -0.135. The van der Waals surface area contributed by atoms with E-state index < -0.39 is 11.9 Å². The number of rotatable bonds is 6. The van der Waals surface area contributed by atoms with Crippen LogP contribution in [0.2, 0.25) is 0 Å². The number of aliphatic carboxylic acids is 1. The van der Waals surface area contributed by atoms with Gasteiger partial charge in [0.1, 0.15) is 5.76 Å². The summed E-state index contributed by atoms with van der Waals surface area (Å²) in [5.74, 6) is -1.80. The quantitative estimate of drug-likeness (QED) is 0.389. The summed E-state index contributed by atoms with van der Waals surface area (Å²) in [6, 6.07) is 0. The van der Waals surface area contributed by atoms with Crippen LogP contribution in [0.3, 0.4) is 0 Å². The Kier molecular flexibility index (Phi) is 6.05. The minimum atomic E-state index is -1.15. The fraction of sp³-hybridized carbons (Fsp3) is 0.400. The molecule has 0 fully saturated rings. The maximum atomic E-state index is 10.9. The van der Waals surface area contributed by atoms with E-state index in [0.717, 1.165) is 6.08 Å². The van der Waals surface area contributed by atoms with E-state index in [1.165, 1.54) is 6.92 Å². The molecule has 5 heteroatoms. The Labute approximate surface area is 87.7 Å². The van der Waals surface area contributed by atoms with Crippen molar-refractivity contribution < 1.29 is 24.5 Å². The average molecular weight is 214 g/mol. The SMILES string of the molecule is C=CC(=O)OC(CCCO)=C(C)C(=O)O. The van der Waals surface area contributed by atoms with Gasteiger partial charge in [-0.15, -0.1) is 0 Å². The minimum Gasteiger partial charge on any atom is -0.478 e. The van der Waals surface area contributed by atoms with Gasteiger partial charge in [0.05, 0.1) is 5.57 Å². The number of aliphatic hydroxyl groups excluding tert-OH is 1. The predicted molar refractivity (Wildman–Crippen MR) is 52.9 cm³/mol. The molecule has 0 rings (SSSR count). The molecule has 0 amide bonds. The highest BCUT2D eigenvalue weighted by Crippen LogP contribution is 2.13. The van der Waals surface area contributed by atoms with Gasteiger partial charge in [-0.3, -0.25) is 0 Å². The smallest absolute Gasteiger partial charge is 0.335 e. The number of hydrogen-bond acceptors (Lipinski definition) is 4. The van der Waals surface area contributed by atoms with Crippen LogP contribution in [0.1, 0.15) is 19.8 Å². The molecule has 0 aliphatic rings. The van der Waals surface area contributed by atoms with Gasteiger partial charge in [0.25, 0.3) is 0 Å². The highest BCUT2D eigenvalue weighted by molar-refractivity contribution is 5.88. The molecular formula is C10H14O5. The Hall–Kier alpha value is -1.62. The Morgan fingerprint density at radius 3 is 2.47 bits per heavy atom. The van der Waals surface area contributed by atoms with E-state index in [0.29, 0.717) is 6.42 Å². The van der Waals surface area contributed by atoms with Gasteiger partial charge >= 0.3 is 11.9 Å². The number of hydrogen-bond donors (Lipinski definition) is 2. The van der Waals surface area contributed by atoms with Crippen molar-refractivity contribution in [2.45, 2.75) is 19.8 Å². The lowest BCUT2D eigenvalue weighted by Gasteiger charge is -2.08. The number of carbonyl (C=O) groups is 2. The molecule has 0 aromatic carbocycles. The van der Waals surface area contributed by atoms with Gasteiger partial charge < -0.3 is 14.9 Å². The van der Waals surface area contributed by atoms with Crippen LogP contribution in [0, 0.1) is 0 Å². The second kappa shape index (κ2) is 6.78. The van der Waals surface area contributed by atoms with Crippen molar-refractivity contribution in [3.8, 4) is 0 Å². The van der Waals surface area contributed by atoms with Crippen LogP contribution < -0.4 is 0 Å². The van der Waals surface area contributed by atoms with E-state index in [1.807, 2.05) is 0 Å². The first kappa shape index (κ1) is 13.4. The summed E-state index contributed by atoms with van der Waals surface area (Å²) < 4.78 is 4.76. The van der Waals surface area contributed by atoms with Crippen molar-refractivity contribution in [3.63, 3.8) is 0 Å². The van der Waals surface area contributed by atoms with E-state index in [1.54, 1.807) is 0 Å². The maximum Gasteiger partial charge on any atom is 0.335 e. The topological polar surface area (TPSA) is 83.8 Å². The summed E-state index contributed by atoms with van der Waals surface area (Å²) in [4.78, 5) is 21.5. The lowest BCUT2D eigenvalue weighted by atomic mass is 10.2. The summed E-state index contributed by atoms with van der Waals surface area (Å²) >= 11 is 0. The van der Waals surface area contributed by atoms with Crippen molar-refractivity contribution in [3.05, 3.63) is 24.0 Å². The number of esters is 1. The Bertz CT molecular complexity index is 290. The summed E-state index contributed by atoms with van der Waals surface area (Å²) in [5, 5.41) is 17.3. The molecular weight excluding hydrogens is 200 g/mol. The van der Waals surface area contributed by atoms with Gasteiger partial charge in [-0.25, -0.2) is 9.59 Å². The first-order chi connectivity index (χ1) is 7.02.